The van der Waals surface area contributed by atoms with Gasteiger partial charge in [-0.3, -0.25) is 0 Å². The standard InChI is InChI=1S/C19H36O3/c1-4-6-8-9-11-13-17(12-10-7-5-2)19-20-14-18(3,15-21-19)16-22-19/h17H,4-16H2,1-3H3. The highest BCUT2D eigenvalue weighted by Crippen LogP contribution is 2.45. The number of hydrogen-bond acceptors (Lipinski definition) is 3. The molecule has 0 N–H and O–H groups in total. The van der Waals surface area contributed by atoms with Gasteiger partial charge in [-0.15, -0.1) is 0 Å². The van der Waals surface area contributed by atoms with Crippen molar-refractivity contribution in [1.82, 2.24) is 0 Å². The Morgan fingerprint density at radius 3 is 1.73 bits per heavy atom. The fourth-order valence-electron chi connectivity index (χ4n) is 3.56. The first kappa shape index (κ1) is 18.2. The molecule has 0 saturated carbocycles. The van der Waals surface area contributed by atoms with E-state index in [2.05, 4.69) is 20.8 Å². The molecule has 3 aliphatic heterocycles. The Bertz CT molecular complexity index is 291. The topological polar surface area (TPSA) is 27.7 Å². The van der Waals surface area contributed by atoms with Gasteiger partial charge in [-0.05, 0) is 12.8 Å². The SMILES string of the molecule is CCCCCCCC(CCCCC)C12OCC(C)(CO1)CO2. The molecule has 0 aromatic rings. The van der Waals surface area contributed by atoms with Crippen molar-refractivity contribution >= 4 is 0 Å². The maximum absolute atomic E-state index is 6.09. The van der Waals surface area contributed by atoms with Crippen molar-refractivity contribution in [3.8, 4) is 0 Å². The van der Waals surface area contributed by atoms with Gasteiger partial charge in [0.15, 0.2) is 0 Å². The lowest BCUT2D eigenvalue weighted by atomic mass is 9.86. The molecule has 3 saturated heterocycles. The van der Waals surface area contributed by atoms with E-state index >= 15 is 0 Å². The van der Waals surface area contributed by atoms with E-state index < -0.39 is 5.97 Å². The third kappa shape index (κ3) is 4.69. The fourth-order valence-corrected chi connectivity index (χ4v) is 3.56. The maximum Gasteiger partial charge on any atom is 0.285 e. The normalized spacial score (nSPS) is 32.3. The van der Waals surface area contributed by atoms with E-state index in [0.717, 1.165) is 19.8 Å². The third-order valence-corrected chi connectivity index (χ3v) is 5.18. The lowest BCUT2D eigenvalue weighted by Gasteiger charge is -2.53. The van der Waals surface area contributed by atoms with Crippen molar-refractivity contribution in [3.05, 3.63) is 0 Å². The van der Waals surface area contributed by atoms with E-state index in [4.69, 9.17) is 14.2 Å². The van der Waals surface area contributed by atoms with Gasteiger partial charge >= 0.3 is 0 Å². The summed E-state index contributed by atoms with van der Waals surface area (Å²) in [5.41, 5.74) is 0.0663. The van der Waals surface area contributed by atoms with Crippen LogP contribution in [-0.2, 0) is 14.2 Å². The van der Waals surface area contributed by atoms with Gasteiger partial charge in [0.1, 0.15) is 0 Å². The first-order chi connectivity index (χ1) is 10.6. The Balaban J connectivity index is 1.86. The van der Waals surface area contributed by atoms with E-state index in [9.17, 15) is 0 Å². The molecule has 3 fully saturated rings. The molecular weight excluding hydrogens is 276 g/mol. The summed E-state index contributed by atoms with van der Waals surface area (Å²) in [6, 6.07) is 0. The molecule has 0 spiro atoms. The molecule has 3 aliphatic rings. The summed E-state index contributed by atoms with van der Waals surface area (Å²) < 4.78 is 18.3. The van der Waals surface area contributed by atoms with Gasteiger partial charge in [0.2, 0.25) is 0 Å². The molecule has 0 aromatic heterocycles. The van der Waals surface area contributed by atoms with Gasteiger partial charge in [0, 0.05) is 11.3 Å². The lowest BCUT2D eigenvalue weighted by Crippen LogP contribution is -2.62. The molecule has 3 heteroatoms. The second-order valence-electron chi connectivity index (χ2n) is 7.68. The Morgan fingerprint density at radius 2 is 1.18 bits per heavy atom. The second kappa shape index (κ2) is 8.65. The van der Waals surface area contributed by atoms with Crippen molar-refractivity contribution in [3.63, 3.8) is 0 Å². The van der Waals surface area contributed by atoms with E-state index in [1.54, 1.807) is 0 Å². The average Bonchev–Trinajstić information content (AvgIpc) is 2.54. The molecule has 3 heterocycles. The Labute approximate surface area is 137 Å². The van der Waals surface area contributed by atoms with Crippen LogP contribution >= 0.6 is 0 Å². The van der Waals surface area contributed by atoms with Crippen molar-refractivity contribution in [2.24, 2.45) is 11.3 Å². The Hall–Kier alpha value is -0.120. The quantitative estimate of drug-likeness (QED) is 0.486. The highest BCUT2D eigenvalue weighted by atomic mass is 16.9. The zero-order chi connectivity index (χ0) is 15.9. The molecule has 3 nitrogen and oxygen atoms in total. The summed E-state index contributed by atoms with van der Waals surface area (Å²) in [6.07, 6.45) is 12.7. The highest BCUT2D eigenvalue weighted by Gasteiger charge is 2.54. The van der Waals surface area contributed by atoms with Gasteiger partial charge in [0.25, 0.3) is 5.97 Å². The summed E-state index contributed by atoms with van der Waals surface area (Å²) in [7, 11) is 0. The van der Waals surface area contributed by atoms with Crippen LogP contribution < -0.4 is 0 Å². The molecular formula is C19H36O3. The third-order valence-electron chi connectivity index (χ3n) is 5.18. The van der Waals surface area contributed by atoms with Crippen molar-refractivity contribution in [2.75, 3.05) is 19.8 Å². The highest BCUT2D eigenvalue weighted by molar-refractivity contribution is 4.88. The van der Waals surface area contributed by atoms with Crippen LogP contribution in [-0.4, -0.2) is 25.8 Å². The fraction of sp³-hybridized carbons (Fsp3) is 1.00. The first-order valence-corrected chi connectivity index (χ1v) is 9.56. The Morgan fingerprint density at radius 1 is 0.727 bits per heavy atom. The van der Waals surface area contributed by atoms with E-state index in [-0.39, 0.29) is 5.41 Å². The summed E-state index contributed by atoms with van der Waals surface area (Å²) in [5.74, 6) is -0.332. The number of rotatable bonds is 11. The number of unbranched alkanes of at least 4 members (excludes halogenated alkanes) is 6. The van der Waals surface area contributed by atoms with Crippen LogP contribution in [0.5, 0.6) is 0 Å². The van der Waals surface area contributed by atoms with Crippen LogP contribution in [0.4, 0.5) is 0 Å². The molecule has 3 rings (SSSR count). The largest absolute Gasteiger partial charge is 0.326 e. The number of ether oxygens (including phenoxy) is 3. The van der Waals surface area contributed by atoms with Crippen LogP contribution in [0.3, 0.4) is 0 Å². The van der Waals surface area contributed by atoms with Gasteiger partial charge in [-0.25, -0.2) is 0 Å². The second-order valence-corrected chi connectivity index (χ2v) is 7.68. The monoisotopic (exact) mass is 312 g/mol. The maximum atomic E-state index is 6.09. The molecule has 0 aliphatic carbocycles. The molecule has 0 amide bonds. The van der Waals surface area contributed by atoms with Crippen LogP contribution in [0.1, 0.15) is 85.0 Å². The zero-order valence-electron chi connectivity index (χ0n) is 15.0. The molecule has 1 atom stereocenters. The average molecular weight is 312 g/mol. The van der Waals surface area contributed by atoms with E-state index in [1.807, 2.05) is 0 Å². The van der Waals surface area contributed by atoms with Crippen molar-refractivity contribution in [2.45, 2.75) is 91.0 Å². The molecule has 1 unspecified atom stereocenters. The minimum Gasteiger partial charge on any atom is -0.326 e. The van der Waals surface area contributed by atoms with Crippen LogP contribution in [0, 0.1) is 11.3 Å². The molecule has 2 bridgehead atoms. The van der Waals surface area contributed by atoms with Crippen LogP contribution in [0.2, 0.25) is 0 Å². The summed E-state index contributed by atoms with van der Waals surface area (Å²) in [4.78, 5) is 0. The Kier molecular flexibility index (Phi) is 7.17. The zero-order valence-corrected chi connectivity index (χ0v) is 15.0. The minimum atomic E-state index is -0.726. The first-order valence-electron chi connectivity index (χ1n) is 9.56. The van der Waals surface area contributed by atoms with Crippen molar-refractivity contribution in [1.29, 1.82) is 0 Å². The smallest absolute Gasteiger partial charge is 0.285 e. The summed E-state index contributed by atoms with van der Waals surface area (Å²) in [6.45, 7) is 9.07. The molecule has 0 aromatic carbocycles. The van der Waals surface area contributed by atoms with Gasteiger partial charge < -0.3 is 14.2 Å². The lowest BCUT2D eigenvalue weighted by molar-refractivity contribution is -0.485. The van der Waals surface area contributed by atoms with Gasteiger partial charge in [0.05, 0.1) is 19.8 Å². The van der Waals surface area contributed by atoms with Crippen LogP contribution in [0.15, 0.2) is 0 Å². The summed E-state index contributed by atoms with van der Waals surface area (Å²) >= 11 is 0. The molecule has 130 valence electrons. The minimum absolute atomic E-state index is 0.0663. The van der Waals surface area contributed by atoms with Gasteiger partial charge in [-0.1, -0.05) is 72.1 Å². The van der Waals surface area contributed by atoms with Gasteiger partial charge in [-0.2, -0.15) is 0 Å². The van der Waals surface area contributed by atoms with Crippen LogP contribution in [0.25, 0.3) is 0 Å². The van der Waals surface area contributed by atoms with E-state index in [0.29, 0.717) is 5.92 Å². The summed E-state index contributed by atoms with van der Waals surface area (Å²) in [5, 5.41) is 0. The van der Waals surface area contributed by atoms with Crippen molar-refractivity contribution < 1.29 is 14.2 Å². The number of fused-ring (bicyclic) bond motifs is 3. The van der Waals surface area contributed by atoms with E-state index in [1.165, 1.54) is 64.2 Å². The predicted molar refractivity (Wildman–Crippen MR) is 89.7 cm³/mol. The predicted octanol–water partition coefficient (Wildman–Crippen LogP) is 5.28. The number of hydrogen-bond donors (Lipinski definition) is 0. The molecule has 22 heavy (non-hydrogen) atoms. The molecule has 0 radical (unpaired) electrons.